The van der Waals surface area contributed by atoms with Gasteiger partial charge in [-0.05, 0) is 28.9 Å². The van der Waals surface area contributed by atoms with Crippen LogP contribution in [0.25, 0.3) is 16.5 Å². The summed E-state index contributed by atoms with van der Waals surface area (Å²) in [6.45, 7) is 0. The number of aromatic nitrogens is 3. The number of hydrogen-bond donors (Lipinski definition) is 0. The van der Waals surface area contributed by atoms with Gasteiger partial charge in [-0.25, -0.2) is 0 Å². The molecule has 3 aromatic rings. The van der Waals surface area contributed by atoms with Gasteiger partial charge in [0.1, 0.15) is 0 Å². The molecule has 2 aromatic heterocycles. The van der Waals surface area contributed by atoms with E-state index in [1.54, 1.807) is 12.4 Å². The molecule has 4 nitrogen and oxygen atoms in total. The predicted octanol–water partition coefficient (Wildman–Crippen LogP) is 3.30. The van der Waals surface area contributed by atoms with Crippen LogP contribution in [0.3, 0.4) is 0 Å². The molecule has 19 heavy (non-hydrogen) atoms. The number of nitrogens with one attached hydrogen (secondary N) is 1. The minimum atomic E-state index is 0. The minimum Gasteiger partial charge on any atom is -0.480 e. The molecule has 0 unspecified atom stereocenters. The second-order valence-electron chi connectivity index (χ2n) is 4.07. The topological polar surface area (TPSA) is 62.5 Å². The zero-order valence-corrected chi connectivity index (χ0v) is 13.1. The van der Waals surface area contributed by atoms with E-state index in [1.165, 1.54) is 0 Å². The maximum absolute atomic E-state index is 7.76. The molecule has 1 aromatic carbocycles. The Bertz CT molecular complexity index is 685. The Hall–Kier alpha value is -1.39. The minimum absolute atomic E-state index is 0. The Labute approximate surface area is 136 Å². The van der Waals surface area contributed by atoms with Crippen molar-refractivity contribution in [1.29, 1.82) is 0 Å². The van der Waals surface area contributed by atoms with Gasteiger partial charge in [0, 0.05) is 24.2 Å². The van der Waals surface area contributed by atoms with Gasteiger partial charge < -0.3 is 10.8 Å². The average Bonchev–Trinajstić information content (AvgIpc) is 2.44. The molecule has 0 radical (unpaired) electrons. The molecule has 0 saturated carbocycles. The summed E-state index contributed by atoms with van der Waals surface area (Å²) in [7, 11) is 0. The summed E-state index contributed by atoms with van der Waals surface area (Å²) in [6, 6.07) is 11.7. The fraction of sp³-hybridized carbons (Fsp3) is 0.0714. The van der Waals surface area contributed by atoms with E-state index in [0.717, 1.165) is 22.0 Å². The smallest absolute Gasteiger partial charge is 0.480 e. The standard InChI is InChI=1S/C14H11N4.Y/c15-14-12-4-2-1-3-11(12)13(17-18-14)9-10-5-7-16-8-6-10;/h1-8H,9H2,(H-,15,18);/q-1;+3. The molecule has 0 aliphatic rings. The molecule has 0 fully saturated rings. The second kappa shape index (κ2) is 6.17. The second-order valence-corrected chi connectivity index (χ2v) is 4.07. The summed E-state index contributed by atoms with van der Waals surface area (Å²) in [6.07, 6.45) is 4.24. The SMILES string of the molecule is [NH-]c1nnc(Cc2ccncc2)c2ccccc12.[Y+3]. The molecule has 88 valence electrons. The van der Waals surface area contributed by atoms with Crippen molar-refractivity contribution >= 4 is 16.6 Å². The summed E-state index contributed by atoms with van der Waals surface area (Å²) in [5, 5.41) is 9.89. The molecule has 0 amide bonds. The van der Waals surface area contributed by atoms with Crippen LogP contribution < -0.4 is 0 Å². The van der Waals surface area contributed by atoms with E-state index >= 15 is 0 Å². The number of rotatable bonds is 2. The maximum atomic E-state index is 7.76. The van der Waals surface area contributed by atoms with Crippen LogP contribution in [-0.2, 0) is 39.1 Å². The third kappa shape index (κ3) is 2.96. The molecule has 0 spiro atoms. The summed E-state index contributed by atoms with van der Waals surface area (Å²) < 4.78 is 0. The quantitative estimate of drug-likeness (QED) is 0.726. The van der Waals surface area contributed by atoms with Crippen molar-refractivity contribution in [3.63, 3.8) is 0 Å². The number of nitrogens with zero attached hydrogens (tertiary/aromatic N) is 3. The van der Waals surface area contributed by atoms with Gasteiger partial charge in [0.05, 0.1) is 5.69 Å². The van der Waals surface area contributed by atoms with Gasteiger partial charge in [-0.3, -0.25) is 10.1 Å². The summed E-state index contributed by atoms with van der Waals surface area (Å²) >= 11 is 0. The molecular formula is C14H11N4Y+2. The Morgan fingerprint density at radius 3 is 2.32 bits per heavy atom. The van der Waals surface area contributed by atoms with Crippen LogP contribution in [0.5, 0.6) is 0 Å². The molecule has 0 bridgehead atoms. The molecule has 0 saturated heterocycles. The van der Waals surface area contributed by atoms with E-state index in [-0.39, 0.29) is 38.5 Å². The average molecular weight is 324 g/mol. The fourth-order valence-electron chi connectivity index (χ4n) is 1.98. The number of pyridine rings is 1. The van der Waals surface area contributed by atoms with Gasteiger partial charge in [-0.2, -0.15) is 0 Å². The predicted molar refractivity (Wildman–Crippen MR) is 70.6 cm³/mol. The molecular weight excluding hydrogens is 313 g/mol. The Balaban J connectivity index is 0.00000133. The van der Waals surface area contributed by atoms with Gasteiger partial charge >= 0.3 is 32.7 Å². The molecule has 1 N–H and O–H groups in total. The molecule has 3 rings (SSSR count). The van der Waals surface area contributed by atoms with Crippen molar-refractivity contribution in [1.82, 2.24) is 15.2 Å². The first-order chi connectivity index (χ1) is 8.84. The third-order valence-electron chi connectivity index (χ3n) is 2.88. The van der Waals surface area contributed by atoms with Gasteiger partial charge in [-0.15, -0.1) is 0 Å². The van der Waals surface area contributed by atoms with Gasteiger partial charge in [0.25, 0.3) is 0 Å². The first-order valence-corrected chi connectivity index (χ1v) is 5.69. The van der Waals surface area contributed by atoms with E-state index < -0.39 is 0 Å². The van der Waals surface area contributed by atoms with Crippen LogP contribution in [0.4, 0.5) is 5.82 Å². The van der Waals surface area contributed by atoms with Gasteiger partial charge in [0.2, 0.25) is 0 Å². The van der Waals surface area contributed by atoms with Crippen molar-refractivity contribution < 1.29 is 32.7 Å². The number of hydrogen-bond acceptors (Lipinski definition) is 3. The van der Waals surface area contributed by atoms with Crippen LogP contribution in [-0.4, -0.2) is 15.2 Å². The van der Waals surface area contributed by atoms with Crippen LogP contribution in [0, 0.1) is 0 Å². The van der Waals surface area contributed by atoms with E-state index in [9.17, 15) is 0 Å². The van der Waals surface area contributed by atoms with Crippen LogP contribution >= 0.6 is 0 Å². The van der Waals surface area contributed by atoms with Crippen LogP contribution in [0.15, 0.2) is 48.8 Å². The summed E-state index contributed by atoms with van der Waals surface area (Å²) in [5.74, 6) is 0.226. The van der Waals surface area contributed by atoms with Crippen LogP contribution in [0.1, 0.15) is 11.3 Å². The van der Waals surface area contributed by atoms with Crippen molar-refractivity contribution in [2.45, 2.75) is 6.42 Å². The van der Waals surface area contributed by atoms with Crippen molar-refractivity contribution in [2.75, 3.05) is 0 Å². The van der Waals surface area contributed by atoms with Crippen molar-refractivity contribution in [2.24, 2.45) is 0 Å². The summed E-state index contributed by atoms with van der Waals surface area (Å²) in [5.41, 5.74) is 9.79. The zero-order chi connectivity index (χ0) is 12.4. The normalized spacial score (nSPS) is 10.1. The molecule has 0 atom stereocenters. The number of fused-ring (bicyclic) bond motifs is 1. The number of benzene rings is 1. The molecule has 0 aliphatic carbocycles. The van der Waals surface area contributed by atoms with Crippen LogP contribution in [0.2, 0.25) is 0 Å². The first-order valence-electron chi connectivity index (χ1n) is 5.69. The van der Waals surface area contributed by atoms with E-state index in [2.05, 4.69) is 15.2 Å². The van der Waals surface area contributed by atoms with E-state index in [4.69, 9.17) is 5.73 Å². The third-order valence-corrected chi connectivity index (χ3v) is 2.88. The van der Waals surface area contributed by atoms with E-state index in [0.29, 0.717) is 6.42 Å². The maximum Gasteiger partial charge on any atom is 3.00 e. The van der Waals surface area contributed by atoms with Gasteiger partial charge in [0.15, 0.2) is 0 Å². The van der Waals surface area contributed by atoms with Gasteiger partial charge in [-0.1, -0.05) is 24.3 Å². The monoisotopic (exact) mass is 324 g/mol. The molecule has 5 heteroatoms. The molecule has 0 aliphatic heterocycles. The first kappa shape index (κ1) is 14.0. The van der Waals surface area contributed by atoms with Crippen molar-refractivity contribution in [3.8, 4) is 0 Å². The Morgan fingerprint density at radius 2 is 1.58 bits per heavy atom. The van der Waals surface area contributed by atoms with Crippen molar-refractivity contribution in [3.05, 3.63) is 65.8 Å². The largest absolute Gasteiger partial charge is 3.00 e. The fourth-order valence-corrected chi connectivity index (χ4v) is 1.98. The molecule has 2 heterocycles. The Kier molecular flexibility index (Phi) is 4.56. The zero-order valence-electron chi connectivity index (χ0n) is 10.2. The summed E-state index contributed by atoms with van der Waals surface area (Å²) in [4.78, 5) is 4.00. The van der Waals surface area contributed by atoms with E-state index in [1.807, 2.05) is 36.4 Å². The Morgan fingerprint density at radius 1 is 0.895 bits per heavy atom.